The second-order valence-electron chi connectivity index (χ2n) is 3.60. The number of nitrogens with zero attached hydrogens (tertiary/aromatic N) is 3. The summed E-state index contributed by atoms with van der Waals surface area (Å²) in [4.78, 5) is 19.8. The summed E-state index contributed by atoms with van der Waals surface area (Å²) < 4.78 is 0.756. The van der Waals surface area contributed by atoms with Crippen LogP contribution in [-0.4, -0.2) is 42.5 Å². The van der Waals surface area contributed by atoms with E-state index in [1.807, 2.05) is 30.1 Å². The molecule has 5 heteroatoms. The SMILES string of the molecule is CN1CCN(c2cccc(Br)n2)C(=O)C1. The lowest BCUT2D eigenvalue weighted by atomic mass is 10.3. The van der Waals surface area contributed by atoms with E-state index in [9.17, 15) is 4.79 Å². The van der Waals surface area contributed by atoms with Crippen molar-refractivity contribution in [2.24, 2.45) is 0 Å². The first-order valence-electron chi connectivity index (χ1n) is 4.78. The number of hydrogen-bond acceptors (Lipinski definition) is 3. The minimum atomic E-state index is 0.106. The molecule has 0 unspecified atom stereocenters. The van der Waals surface area contributed by atoms with Crippen LogP contribution >= 0.6 is 15.9 Å². The summed E-state index contributed by atoms with van der Waals surface area (Å²) >= 11 is 3.30. The van der Waals surface area contributed by atoms with Crippen LogP contribution < -0.4 is 4.90 Å². The first kappa shape index (κ1) is 10.6. The lowest BCUT2D eigenvalue weighted by Crippen LogP contribution is -2.49. The Hall–Kier alpha value is -0.940. The van der Waals surface area contributed by atoms with E-state index in [0.717, 1.165) is 17.0 Å². The van der Waals surface area contributed by atoms with Gasteiger partial charge in [0.2, 0.25) is 5.91 Å². The van der Waals surface area contributed by atoms with Gasteiger partial charge in [0.15, 0.2) is 0 Å². The normalized spacial score (nSPS) is 18.3. The van der Waals surface area contributed by atoms with Gasteiger partial charge >= 0.3 is 0 Å². The van der Waals surface area contributed by atoms with Gasteiger partial charge < -0.3 is 0 Å². The summed E-state index contributed by atoms with van der Waals surface area (Å²) in [6.45, 7) is 2.06. The zero-order valence-corrected chi connectivity index (χ0v) is 10.1. The lowest BCUT2D eigenvalue weighted by molar-refractivity contribution is -0.120. The van der Waals surface area contributed by atoms with Crippen LogP contribution in [0.4, 0.5) is 5.82 Å². The average molecular weight is 270 g/mol. The first-order valence-corrected chi connectivity index (χ1v) is 5.57. The first-order chi connectivity index (χ1) is 7.16. The monoisotopic (exact) mass is 269 g/mol. The van der Waals surface area contributed by atoms with Crippen molar-refractivity contribution in [1.82, 2.24) is 9.88 Å². The van der Waals surface area contributed by atoms with Crippen LogP contribution in [0.5, 0.6) is 0 Å². The van der Waals surface area contributed by atoms with Crippen molar-refractivity contribution in [3.63, 3.8) is 0 Å². The third-order valence-electron chi connectivity index (χ3n) is 2.39. The van der Waals surface area contributed by atoms with E-state index in [-0.39, 0.29) is 5.91 Å². The molecule has 0 N–H and O–H groups in total. The van der Waals surface area contributed by atoms with Gasteiger partial charge in [0.05, 0.1) is 6.54 Å². The maximum atomic E-state index is 11.7. The number of likely N-dealkylation sites (N-methyl/N-ethyl adjacent to an activating group) is 1. The number of aromatic nitrogens is 1. The van der Waals surface area contributed by atoms with Crippen LogP contribution in [0.25, 0.3) is 0 Å². The summed E-state index contributed by atoms with van der Waals surface area (Å²) in [6.07, 6.45) is 0. The van der Waals surface area contributed by atoms with Crippen LogP contribution in [0.2, 0.25) is 0 Å². The highest BCUT2D eigenvalue weighted by Crippen LogP contribution is 2.16. The largest absolute Gasteiger partial charge is 0.296 e. The molecule has 0 saturated carbocycles. The molecule has 4 nitrogen and oxygen atoms in total. The second-order valence-corrected chi connectivity index (χ2v) is 4.41. The van der Waals surface area contributed by atoms with Crippen LogP contribution in [0.1, 0.15) is 0 Å². The number of rotatable bonds is 1. The molecule has 0 spiro atoms. The average Bonchev–Trinajstić information content (AvgIpc) is 2.17. The van der Waals surface area contributed by atoms with Crippen molar-refractivity contribution in [1.29, 1.82) is 0 Å². The fourth-order valence-electron chi connectivity index (χ4n) is 1.58. The van der Waals surface area contributed by atoms with Crippen molar-refractivity contribution < 1.29 is 4.79 Å². The Labute approximate surface area is 97.0 Å². The molecular formula is C10H12BrN3O. The van der Waals surface area contributed by atoms with E-state index in [2.05, 4.69) is 20.9 Å². The number of carbonyl (C=O) groups excluding carboxylic acids is 1. The molecule has 15 heavy (non-hydrogen) atoms. The molecule has 2 heterocycles. The van der Waals surface area contributed by atoms with Gasteiger partial charge in [-0.05, 0) is 35.1 Å². The molecule has 2 rings (SSSR count). The van der Waals surface area contributed by atoms with E-state index in [4.69, 9.17) is 0 Å². The Bertz CT molecular complexity index is 383. The highest BCUT2D eigenvalue weighted by Gasteiger charge is 2.23. The van der Waals surface area contributed by atoms with E-state index in [0.29, 0.717) is 13.1 Å². The van der Waals surface area contributed by atoms with Crippen LogP contribution in [0, 0.1) is 0 Å². The van der Waals surface area contributed by atoms with Gasteiger partial charge in [-0.1, -0.05) is 6.07 Å². The molecule has 0 aromatic carbocycles. The molecule has 1 aromatic rings. The summed E-state index contributed by atoms with van der Waals surface area (Å²) in [6, 6.07) is 5.59. The van der Waals surface area contributed by atoms with Crippen LogP contribution in [0.15, 0.2) is 22.8 Å². The lowest BCUT2D eigenvalue weighted by Gasteiger charge is -2.31. The van der Waals surface area contributed by atoms with Crippen molar-refractivity contribution >= 4 is 27.7 Å². The Kier molecular flexibility index (Phi) is 3.02. The maximum Gasteiger partial charge on any atom is 0.242 e. The molecule has 0 atom stereocenters. The molecule has 1 aromatic heterocycles. The third-order valence-corrected chi connectivity index (χ3v) is 2.83. The van der Waals surface area contributed by atoms with E-state index in [1.165, 1.54) is 0 Å². The molecule has 80 valence electrons. The Balaban J connectivity index is 2.20. The number of hydrogen-bond donors (Lipinski definition) is 0. The molecule has 0 aliphatic carbocycles. The fourth-order valence-corrected chi connectivity index (χ4v) is 1.92. The minimum absolute atomic E-state index is 0.106. The molecule has 0 bridgehead atoms. The van der Waals surface area contributed by atoms with Crippen molar-refractivity contribution in [2.45, 2.75) is 0 Å². The van der Waals surface area contributed by atoms with Gasteiger partial charge in [0.25, 0.3) is 0 Å². The standard InChI is InChI=1S/C10H12BrN3O/c1-13-5-6-14(10(15)7-13)9-4-2-3-8(11)12-9/h2-4H,5-7H2,1H3. The topological polar surface area (TPSA) is 36.4 Å². The van der Waals surface area contributed by atoms with Gasteiger partial charge in [-0.2, -0.15) is 0 Å². The predicted molar refractivity (Wildman–Crippen MR) is 61.8 cm³/mol. The number of amides is 1. The Morgan fingerprint density at radius 3 is 2.87 bits per heavy atom. The molecule has 1 fully saturated rings. The second kappa shape index (κ2) is 4.28. The van der Waals surface area contributed by atoms with Crippen LogP contribution in [0.3, 0.4) is 0 Å². The van der Waals surface area contributed by atoms with E-state index in [1.54, 1.807) is 4.90 Å². The van der Waals surface area contributed by atoms with Gasteiger partial charge in [0, 0.05) is 13.1 Å². The molecular weight excluding hydrogens is 258 g/mol. The predicted octanol–water partition coefficient (Wildman–Crippen LogP) is 1.12. The zero-order valence-electron chi connectivity index (χ0n) is 8.48. The van der Waals surface area contributed by atoms with Crippen molar-refractivity contribution in [3.8, 4) is 0 Å². The molecule has 1 saturated heterocycles. The highest BCUT2D eigenvalue weighted by atomic mass is 79.9. The Morgan fingerprint density at radius 2 is 2.20 bits per heavy atom. The number of pyridine rings is 1. The van der Waals surface area contributed by atoms with Crippen LogP contribution in [-0.2, 0) is 4.79 Å². The summed E-state index contributed by atoms with van der Waals surface area (Å²) in [5, 5.41) is 0. The summed E-state index contributed by atoms with van der Waals surface area (Å²) in [7, 11) is 1.95. The molecule has 0 radical (unpaired) electrons. The highest BCUT2D eigenvalue weighted by molar-refractivity contribution is 9.10. The maximum absolute atomic E-state index is 11.7. The van der Waals surface area contributed by atoms with Gasteiger partial charge in [-0.15, -0.1) is 0 Å². The molecule has 1 aliphatic heterocycles. The molecule has 1 amide bonds. The van der Waals surface area contributed by atoms with E-state index < -0.39 is 0 Å². The van der Waals surface area contributed by atoms with Gasteiger partial charge in [-0.3, -0.25) is 14.6 Å². The molecule has 1 aliphatic rings. The summed E-state index contributed by atoms with van der Waals surface area (Å²) in [5.74, 6) is 0.830. The minimum Gasteiger partial charge on any atom is -0.296 e. The summed E-state index contributed by atoms with van der Waals surface area (Å²) in [5.41, 5.74) is 0. The van der Waals surface area contributed by atoms with Crippen molar-refractivity contribution in [3.05, 3.63) is 22.8 Å². The van der Waals surface area contributed by atoms with Gasteiger partial charge in [0.1, 0.15) is 10.4 Å². The number of carbonyl (C=O) groups is 1. The smallest absolute Gasteiger partial charge is 0.242 e. The number of halogens is 1. The Morgan fingerprint density at radius 1 is 1.40 bits per heavy atom. The number of piperazine rings is 1. The fraction of sp³-hybridized carbons (Fsp3) is 0.400. The third kappa shape index (κ3) is 2.35. The zero-order chi connectivity index (χ0) is 10.8. The number of anilines is 1. The quantitative estimate of drug-likeness (QED) is 0.718. The van der Waals surface area contributed by atoms with E-state index >= 15 is 0 Å². The van der Waals surface area contributed by atoms with Gasteiger partial charge in [-0.25, -0.2) is 4.98 Å². The van der Waals surface area contributed by atoms with Crippen molar-refractivity contribution in [2.75, 3.05) is 31.6 Å².